The van der Waals surface area contributed by atoms with Gasteiger partial charge in [-0.2, -0.15) is 0 Å². The zero-order chi connectivity index (χ0) is 23.7. The number of halogens is 1. The number of amides is 4. The maximum Gasteiger partial charge on any atom is 0.335 e. The van der Waals surface area contributed by atoms with Crippen molar-refractivity contribution >= 4 is 45.5 Å². The molecule has 0 bridgehead atoms. The van der Waals surface area contributed by atoms with Crippen LogP contribution in [0.3, 0.4) is 0 Å². The number of carbonyl (C=O) groups is 3. The maximum absolute atomic E-state index is 13.0. The zero-order valence-corrected chi connectivity index (χ0v) is 19.6. The van der Waals surface area contributed by atoms with Crippen LogP contribution in [0.1, 0.15) is 27.8 Å². The number of benzene rings is 3. The van der Waals surface area contributed by atoms with Crippen LogP contribution in [-0.4, -0.2) is 23.0 Å². The summed E-state index contributed by atoms with van der Waals surface area (Å²) in [4.78, 5) is 38.6. The quantitative estimate of drug-likeness (QED) is 0.385. The van der Waals surface area contributed by atoms with E-state index < -0.39 is 17.8 Å². The second kappa shape index (κ2) is 9.03. The second-order valence-electron chi connectivity index (χ2n) is 8.00. The minimum Gasteiger partial charge on any atom is -0.508 e. The molecule has 3 aromatic carbocycles. The number of phenolic OH excluding ortho intramolecular Hbond substituents is 1. The van der Waals surface area contributed by atoms with E-state index >= 15 is 0 Å². The van der Waals surface area contributed by atoms with Crippen LogP contribution < -0.4 is 10.2 Å². The fourth-order valence-corrected chi connectivity index (χ4v) is 4.38. The third-order valence-corrected chi connectivity index (χ3v) is 6.01. The van der Waals surface area contributed by atoms with Crippen molar-refractivity contribution in [1.29, 1.82) is 0 Å². The lowest BCUT2D eigenvalue weighted by molar-refractivity contribution is -0.122. The molecule has 1 fully saturated rings. The summed E-state index contributed by atoms with van der Waals surface area (Å²) >= 11 is 3.60. The summed E-state index contributed by atoms with van der Waals surface area (Å²) in [5.74, 6) is -1.48. The number of nitrogens with one attached hydrogen (secondary N) is 1. The number of urea groups is 1. The van der Waals surface area contributed by atoms with Gasteiger partial charge in [-0.05, 0) is 73.4 Å². The Morgan fingerprint density at radius 2 is 1.61 bits per heavy atom. The Morgan fingerprint density at radius 3 is 2.24 bits per heavy atom. The summed E-state index contributed by atoms with van der Waals surface area (Å²) in [5, 5.41) is 11.7. The second-order valence-corrected chi connectivity index (χ2v) is 8.85. The molecule has 0 aliphatic carbocycles. The minimum atomic E-state index is -0.835. The van der Waals surface area contributed by atoms with Crippen molar-refractivity contribution in [3.8, 4) is 5.75 Å². The molecule has 1 heterocycles. The van der Waals surface area contributed by atoms with Gasteiger partial charge < -0.3 is 5.11 Å². The van der Waals surface area contributed by atoms with Crippen molar-refractivity contribution in [3.63, 3.8) is 0 Å². The van der Waals surface area contributed by atoms with E-state index in [1.807, 2.05) is 18.2 Å². The number of hydrogen-bond donors (Lipinski definition) is 2. The SMILES string of the molecule is Cc1cc(C)cc(Cc2ccc(/C=C3\C(=O)NC(=O)N(c4ccc(O)cc4)C3=O)cc2Br)c1. The van der Waals surface area contributed by atoms with E-state index in [-0.39, 0.29) is 17.0 Å². The van der Waals surface area contributed by atoms with E-state index in [2.05, 4.69) is 53.3 Å². The summed E-state index contributed by atoms with van der Waals surface area (Å²) in [6.45, 7) is 4.14. The van der Waals surface area contributed by atoms with Crippen molar-refractivity contribution in [2.24, 2.45) is 0 Å². The van der Waals surface area contributed by atoms with Gasteiger partial charge in [0.25, 0.3) is 11.8 Å². The lowest BCUT2D eigenvalue weighted by atomic mass is 9.99. The van der Waals surface area contributed by atoms with Crippen molar-refractivity contribution in [1.82, 2.24) is 5.32 Å². The highest BCUT2D eigenvalue weighted by Crippen LogP contribution is 2.26. The first kappa shape index (κ1) is 22.5. The Morgan fingerprint density at radius 1 is 0.939 bits per heavy atom. The molecule has 7 heteroatoms. The lowest BCUT2D eigenvalue weighted by Gasteiger charge is -2.26. The number of hydrogen-bond acceptors (Lipinski definition) is 4. The van der Waals surface area contributed by atoms with Crippen LogP contribution in [0.15, 0.2) is 70.7 Å². The van der Waals surface area contributed by atoms with Gasteiger partial charge >= 0.3 is 6.03 Å². The highest BCUT2D eigenvalue weighted by atomic mass is 79.9. The molecular formula is C26H21BrN2O4. The average molecular weight is 505 g/mol. The molecule has 4 rings (SSSR count). The highest BCUT2D eigenvalue weighted by Gasteiger charge is 2.36. The monoisotopic (exact) mass is 504 g/mol. The van der Waals surface area contributed by atoms with Gasteiger partial charge in [-0.15, -0.1) is 0 Å². The molecule has 1 aliphatic rings. The molecule has 166 valence electrons. The molecular weight excluding hydrogens is 484 g/mol. The molecule has 0 unspecified atom stereocenters. The molecule has 0 radical (unpaired) electrons. The van der Waals surface area contributed by atoms with Crippen molar-refractivity contribution < 1.29 is 19.5 Å². The Balaban J connectivity index is 1.62. The van der Waals surface area contributed by atoms with Crippen molar-refractivity contribution in [3.05, 3.63) is 98.5 Å². The number of rotatable bonds is 4. The molecule has 4 amide bonds. The summed E-state index contributed by atoms with van der Waals surface area (Å²) in [5.41, 5.74) is 5.42. The van der Waals surface area contributed by atoms with E-state index in [0.29, 0.717) is 5.56 Å². The predicted molar refractivity (Wildman–Crippen MR) is 130 cm³/mol. The van der Waals surface area contributed by atoms with Gasteiger partial charge in [0.05, 0.1) is 5.69 Å². The minimum absolute atomic E-state index is 0.00113. The number of carbonyl (C=O) groups excluding carboxylic acids is 3. The summed E-state index contributed by atoms with van der Waals surface area (Å²) < 4.78 is 0.853. The van der Waals surface area contributed by atoms with E-state index in [4.69, 9.17) is 0 Å². The fourth-order valence-electron chi connectivity index (χ4n) is 3.85. The molecule has 0 aromatic heterocycles. The van der Waals surface area contributed by atoms with E-state index in [1.165, 1.54) is 47.0 Å². The van der Waals surface area contributed by atoms with Crippen molar-refractivity contribution in [2.75, 3.05) is 4.90 Å². The number of phenols is 1. The number of anilines is 1. The first-order chi connectivity index (χ1) is 15.7. The smallest absolute Gasteiger partial charge is 0.335 e. The molecule has 2 N–H and O–H groups in total. The fraction of sp³-hybridized carbons (Fsp3) is 0.115. The standard InChI is InChI=1S/C26H21BrN2O4/c1-15-9-16(2)11-18(10-15)12-19-4-3-17(14-23(19)27)13-22-24(31)28-26(33)29(25(22)32)20-5-7-21(30)8-6-20/h3-11,13-14,30H,12H2,1-2H3,(H,28,31,33)/b22-13+. The van der Waals surface area contributed by atoms with E-state index in [0.717, 1.165) is 21.4 Å². The lowest BCUT2D eigenvalue weighted by Crippen LogP contribution is -2.54. The number of aryl methyl sites for hydroxylation is 2. The average Bonchev–Trinajstić information content (AvgIpc) is 2.73. The third-order valence-electron chi connectivity index (χ3n) is 5.27. The van der Waals surface area contributed by atoms with Gasteiger partial charge in [0, 0.05) is 4.47 Å². The van der Waals surface area contributed by atoms with Crippen LogP contribution >= 0.6 is 15.9 Å². The van der Waals surface area contributed by atoms with Gasteiger partial charge in [0.15, 0.2) is 0 Å². The Hall–Kier alpha value is -3.71. The van der Waals surface area contributed by atoms with Gasteiger partial charge in [-0.25, -0.2) is 9.69 Å². The predicted octanol–water partition coefficient (Wildman–Crippen LogP) is 5.03. The topological polar surface area (TPSA) is 86.7 Å². The summed E-state index contributed by atoms with van der Waals surface area (Å²) in [6.07, 6.45) is 2.20. The van der Waals surface area contributed by atoms with Gasteiger partial charge in [0.1, 0.15) is 11.3 Å². The van der Waals surface area contributed by atoms with Crippen LogP contribution in [0.4, 0.5) is 10.5 Å². The highest BCUT2D eigenvalue weighted by molar-refractivity contribution is 9.10. The normalized spacial score (nSPS) is 15.2. The Labute approximate surface area is 199 Å². The number of imide groups is 2. The van der Waals surface area contributed by atoms with Crippen LogP contribution in [0.2, 0.25) is 0 Å². The number of nitrogens with zero attached hydrogens (tertiary/aromatic N) is 1. The van der Waals surface area contributed by atoms with Gasteiger partial charge in [0.2, 0.25) is 0 Å². The number of barbiturate groups is 1. The third kappa shape index (κ3) is 4.88. The van der Waals surface area contributed by atoms with Gasteiger partial charge in [-0.1, -0.05) is 57.4 Å². The van der Waals surface area contributed by atoms with Crippen LogP contribution in [0.25, 0.3) is 6.08 Å². The van der Waals surface area contributed by atoms with Gasteiger partial charge in [-0.3, -0.25) is 14.9 Å². The number of aromatic hydroxyl groups is 1. The van der Waals surface area contributed by atoms with Crippen LogP contribution in [0, 0.1) is 13.8 Å². The zero-order valence-electron chi connectivity index (χ0n) is 18.1. The molecule has 6 nitrogen and oxygen atoms in total. The Bertz CT molecular complexity index is 1290. The van der Waals surface area contributed by atoms with Crippen molar-refractivity contribution in [2.45, 2.75) is 20.3 Å². The van der Waals surface area contributed by atoms with Crippen LogP contribution in [-0.2, 0) is 16.0 Å². The first-order valence-electron chi connectivity index (χ1n) is 10.3. The Kier molecular flexibility index (Phi) is 6.16. The summed E-state index contributed by atoms with van der Waals surface area (Å²) in [6, 6.07) is 16.8. The van der Waals surface area contributed by atoms with E-state index in [1.54, 1.807) is 0 Å². The molecule has 0 atom stereocenters. The van der Waals surface area contributed by atoms with E-state index in [9.17, 15) is 19.5 Å². The molecule has 0 spiro atoms. The molecule has 33 heavy (non-hydrogen) atoms. The molecule has 3 aromatic rings. The molecule has 1 saturated heterocycles. The maximum atomic E-state index is 13.0. The molecule has 1 aliphatic heterocycles. The first-order valence-corrected chi connectivity index (χ1v) is 11.1. The summed E-state index contributed by atoms with van der Waals surface area (Å²) in [7, 11) is 0. The van der Waals surface area contributed by atoms with Crippen LogP contribution in [0.5, 0.6) is 5.75 Å². The molecule has 0 saturated carbocycles. The largest absolute Gasteiger partial charge is 0.508 e.